The molecule has 2 unspecified atom stereocenters. The van der Waals surface area contributed by atoms with Gasteiger partial charge >= 0.3 is 0 Å². The SMILES string of the molecule is CCN1CCC(NC2CC2C)CC1. The fourth-order valence-corrected chi connectivity index (χ4v) is 2.27. The quantitative estimate of drug-likeness (QED) is 0.711. The average molecular weight is 182 g/mol. The second-order valence-corrected chi connectivity index (χ2v) is 4.69. The molecule has 1 saturated carbocycles. The summed E-state index contributed by atoms with van der Waals surface area (Å²) in [6, 6.07) is 1.68. The summed E-state index contributed by atoms with van der Waals surface area (Å²) in [6.45, 7) is 8.44. The van der Waals surface area contributed by atoms with Crippen LogP contribution < -0.4 is 5.32 Å². The summed E-state index contributed by atoms with van der Waals surface area (Å²) < 4.78 is 0. The van der Waals surface area contributed by atoms with Crippen LogP contribution in [0, 0.1) is 5.92 Å². The van der Waals surface area contributed by atoms with Crippen molar-refractivity contribution in [2.75, 3.05) is 19.6 Å². The van der Waals surface area contributed by atoms with E-state index < -0.39 is 0 Å². The van der Waals surface area contributed by atoms with Gasteiger partial charge in [0, 0.05) is 12.1 Å². The lowest BCUT2D eigenvalue weighted by atomic mass is 10.1. The van der Waals surface area contributed by atoms with E-state index in [2.05, 4.69) is 24.1 Å². The summed E-state index contributed by atoms with van der Waals surface area (Å²) in [5.74, 6) is 0.948. The summed E-state index contributed by atoms with van der Waals surface area (Å²) in [5.41, 5.74) is 0. The number of nitrogens with zero attached hydrogens (tertiary/aromatic N) is 1. The monoisotopic (exact) mass is 182 g/mol. The zero-order chi connectivity index (χ0) is 9.26. The van der Waals surface area contributed by atoms with Crippen molar-refractivity contribution in [3.05, 3.63) is 0 Å². The topological polar surface area (TPSA) is 15.3 Å². The predicted octanol–water partition coefficient (Wildman–Crippen LogP) is 1.47. The molecule has 0 aromatic carbocycles. The molecule has 0 radical (unpaired) electrons. The number of piperidine rings is 1. The van der Waals surface area contributed by atoms with Gasteiger partial charge in [0.1, 0.15) is 0 Å². The van der Waals surface area contributed by atoms with Crippen molar-refractivity contribution in [2.24, 2.45) is 5.92 Å². The van der Waals surface area contributed by atoms with E-state index in [0.717, 1.165) is 18.0 Å². The predicted molar refractivity (Wildman–Crippen MR) is 55.8 cm³/mol. The van der Waals surface area contributed by atoms with E-state index in [-0.39, 0.29) is 0 Å². The van der Waals surface area contributed by atoms with Crippen LogP contribution in [0.5, 0.6) is 0 Å². The number of hydrogen-bond donors (Lipinski definition) is 1. The molecule has 2 heteroatoms. The molecule has 2 fully saturated rings. The van der Waals surface area contributed by atoms with E-state index in [1.807, 2.05) is 0 Å². The van der Waals surface area contributed by atoms with E-state index in [0.29, 0.717) is 0 Å². The molecule has 1 saturated heterocycles. The van der Waals surface area contributed by atoms with Crippen LogP contribution in [-0.2, 0) is 0 Å². The molecule has 76 valence electrons. The third-order valence-corrected chi connectivity index (χ3v) is 3.59. The van der Waals surface area contributed by atoms with Gasteiger partial charge in [-0.05, 0) is 44.8 Å². The molecule has 0 aromatic heterocycles. The minimum atomic E-state index is 0.817. The maximum atomic E-state index is 3.76. The lowest BCUT2D eigenvalue weighted by molar-refractivity contribution is 0.205. The Morgan fingerprint density at radius 3 is 2.38 bits per heavy atom. The van der Waals surface area contributed by atoms with Crippen molar-refractivity contribution < 1.29 is 0 Å². The molecule has 2 atom stereocenters. The molecule has 0 aromatic rings. The number of likely N-dealkylation sites (tertiary alicyclic amines) is 1. The van der Waals surface area contributed by atoms with Crippen LogP contribution >= 0.6 is 0 Å². The smallest absolute Gasteiger partial charge is 0.00989 e. The van der Waals surface area contributed by atoms with Crippen LogP contribution in [0.1, 0.15) is 33.1 Å². The summed E-state index contributed by atoms with van der Waals surface area (Å²) in [4.78, 5) is 2.55. The van der Waals surface area contributed by atoms with E-state index in [4.69, 9.17) is 0 Å². The lowest BCUT2D eigenvalue weighted by Crippen LogP contribution is -2.43. The highest BCUT2D eigenvalue weighted by atomic mass is 15.1. The van der Waals surface area contributed by atoms with Gasteiger partial charge in [-0.2, -0.15) is 0 Å². The Kier molecular flexibility index (Phi) is 2.89. The second-order valence-electron chi connectivity index (χ2n) is 4.69. The fraction of sp³-hybridized carbons (Fsp3) is 1.00. The highest BCUT2D eigenvalue weighted by molar-refractivity contribution is 4.93. The normalized spacial score (nSPS) is 36.5. The first-order chi connectivity index (χ1) is 6.29. The first-order valence-electron chi connectivity index (χ1n) is 5.78. The van der Waals surface area contributed by atoms with Crippen LogP contribution in [-0.4, -0.2) is 36.6 Å². The van der Waals surface area contributed by atoms with Gasteiger partial charge in [0.15, 0.2) is 0 Å². The lowest BCUT2D eigenvalue weighted by Gasteiger charge is -2.31. The molecular formula is C11H22N2. The third kappa shape index (κ3) is 2.44. The molecule has 0 spiro atoms. The molecule has 2 aliphatic rings. The molecule has 0 amide bonds. The van der Waals surface area contributed by atoms with Crippen molar-refractivity contribution in [1.82, 2.24) is 10.2 Å². The van der Waals surface area contributed by atoms with E-state index in [1.54, 1.807) is 0 Å². The highest BCUT2D eigenvalue weighted by Gasteiger charge is 2.34. The number of rotatable bonds is 3. The highest BCUT2D eigenvalue weighted by Crippen LogP contribution is 2.30. The molecule has 2 nitrogen and oxygen atoms in total. The van der Waals surface area contributed by atoms with Crippen molar-refractivity contribution in [3.63, 3.8) is 0 Å². The van der Waals surface area contributed by atoms with Crippen LogP contribution in [0.2, 0.25) is 0 Å². The van der Waals surface area contributed by atoms with Gasteiger partial charge in [-0.1, -0.05) is 13.8 Å². The van der Waals surface area contributed by atoms with E-state index in [9.17, 15) is 0 Å². The maximum Gasteiger partial charge on any atom is 0.00989 e. The van der Waals surface area contributed by atoms with Crippen LogP contribution in [0.15, 0.2) is 0 Å². The van der Waals surface area contributed by atoms with Gasteiger partial charge in [0.05, 0.1) is 0 Å². The first kappa shape index (κ1) is 9.47. The molecule has 0 bridgehead atoms. The standard InChI is InChI=1S/C11H22N2/c1-3-13-6-4-10(5-7-13)12-11-8-9(11)2/h9-12H,3-8H2,1-2H3. The van der Waals surface area contributed by atoms with Gasteiger partial charge in [-0.25, -0.2) is 0 Å². The Labute approximate surface area is 81.7 Å². The Balaban J connectivity index is 1.66. The van der Waals surface area contributed by atoms with Crippen molar-refractivity contribution >= 4 is 0 Å². The van der Waals surface area contributed by atoms with Gasteiger partial charge in [0.2, 0.25) is 0 Å². The van der Waals surface area contributed by atoms with E-state index >= 15 is 0 Å². The van der Waals surface area contributed by atoms with Crippen LogP contribution in [0.4, 0.5) is 0 Å². The summed E-state index contributed by atoms with van der Waals surface area (Å²) in [6.07, 6.45) is 4.13. The van der Waals surface area contributed by atoms with Crippen molar-refractivity contribution in [2.45, 2.75) is 45.2 Å². The Bertz CT molecular complexity index is 161. The summed E-state index contributed by atoms with van der Waals surface area (Å²) >= 11 is 0. The molecule has 2 rings (SSSR count). The van der Waals surface area contributed by atoms with E-state index in [1.165, 1.54) is 38.9 Å². The zero-order valence-electron chi connectivity index (χ0n) is 8.92. The Hall–Kier alpha value is -0.0800. The maximum absolute atomic E-state index is 3.76. The van der Waals surface area contributed by atoms with Crippen LogP contribution in [0.3, 0.4) is 0 Å². The number of nitrogens with one attached hydrogen (secondary N) is 1. The number of hydrogen-bond acceptors (Lipinski definition) is 2. The molecule has 13 heavy (non-hydrogen) atoms. The van der Waals surface area contributed by atoms with Crippen LogP contribution in [0.25, 0.3) is 0 Å². The molecule has 1 aliphatic carbocycles. The van der Waals surface area contributed by atoms with Crippen molar-refractivity contribution in [3.8, 4) is 0 Å². The minimum absolute atomic E-state index is 0.817. The first-order valence-corrected chi connectivity index (χ1v) is 5.78. The van der Waals surface area contributed by atoms with Gasteiger partial charge in [-0.15, -0.1) is 0 Å². The second kappa shape index (κ2) is 3.97. The molecule has 1 heterocycles. The summed E-state index contributed by atoms with van der Waals surface area (Å²) in [5, 5.41) is 3.76. The van der Waals surface area contributed by atoms with Gasteiger partial charge in [0.25, 0.3) is 0 Å². The molecular weight excluding hydrogens is 160 g/mol. The fourth-order valence-electron chi connectivity index (χ4n) is 2.27. The largest absolute Gasteiger partial charge is 0.311 e. The van der Waals surface area contributed by atoms with Crippen molar-refractivity contribution in [1.29, 1.82) is 0 Å². The zero-order valence-corrected chi connectivity index (χ0v) is 8.92. The molecule has 1 N–H and O–H groups in total. The third-order valence-electron chi connectivity index (χ3n) is 3.59. The van der Waals surface area contributed by atoms with Gasteiger partial charge < -0.3 is 10.2 Å². The average Bonchev–Trinajstić information content (AvgIpc) is 2.83. The van der Waals surface area contributed by atoms with Gasteiger partial charge in [-0.3, -0.25) is 0 Å². The molecule has 1 aliphatic heterocycles. The Morgan fingerprint density at radius 2 is 1.92 bits per heavy atom. The summed E-state index contributed by atoms with van der Waals surface area (Å²) in [7, 11) is 0. The minimum Gasteiger partial charge on any atom is -0.311 e. The Morgan fingerprint density at radius 1 is 1.31 bits per heavy atom.